The van der Waals surface area contributed by atoms with E-state index < -0.39 is 10.4 Å². The van der Waals surface area contributed by atoms with Crippen molar-refractivity contribution in [2.75, 3.05) is 0 Å². The predicted octanol–water partition coefficient (Wildman–Crippen LogP) is 1.21. The summed E-state index contributed by atoms with van der Waals surface area (Å²) in [6.45, 7) is 2.70. The molecule has 1 atom stereocenters. The first kappa shape index (κ1) is 11.9. The third-order valence-electron chi connectivity index (χ3n) is 0.909. The zero-order valence-electron chi connectivity index (χ0n) is 7.06. The van der Waals surface area contributed by atoms with E-state index in [1.807, 2.05) is 0 Å². The quantitative estimate of drug-likeness (QED) is 0.517. The van der Waals surface area contributed by atoms with Gasteiger partial charge in [0.2, 0.25) is 5.78 Å². The molecule has 1 aliphatic heterocycles. The number of carboxylic acids is 1. The average Bonchev–Trinajstić information content (AvgIpc) is 1.94. The van der Waals surface area contributed by atoms with E-state index in [0.29, 0.717) is 0 Å². The molecule has 1 unspecified atom stereocenters. The number of alkyl halides is 1. The Morgan fingerprint density at radius 3 is 2.38 bits per heavy atom. The van der Waals surface area contributed by atoms with Gasteiger partial charge in [0.1, 0.15) is 0 Å². The molecule has 1 N–H and O–H groups in total. The molecule has 1 rings (SSSR count). The molecule has 1 heterocycles. The van der Waals surface area contributed by atoms with E-state index in [1.54, 1.807) is 6.92 Å². The van der Waals surface area contributed by atoms with Crippen molar-refractivity contribution in [1.82, 2.24) is 0 Å². The average molecular weight is 250 g/mol. The van der Waals surface area contributed by atoms with Gasteiger partial charge in [0.15, 0.2) is 4.45 Å². The number of hydrogen-bond acceptors (Lipinski definition) is 5. The summed E-state index contributed by atoms with van der Waals surface area (Å²) in [6.07, 6.45) is 1.14. The van der Waals surface area contributed by atoms with Crippen LogP contribution < -0.4 is 0 Å². The Morgan fingerprint density at radius 2 is 2.15 bits per heavy atom. The second-order valence-electron chi connectivity index (χ2n) is 2.27. The molecular formula is C6H8BrN3O3. The van der Waals surface area contributed by atoms with Crippen LogP contribution in [0.1, 0.15) is 13.8 Å². The summed E-state index contributed by atoms with van der Waals surface area (Å²) in [6, 6.07) is 0. The molecule has 1 aliphatic rings. The summed E-state index contributed by atoms with van der Waals surface area (Å²) in [5.41, 5.74) is 0. The highest BCUT2D eigenvalue weighted by Crippen LogP contribution is 2.21. The molecule has 0 fully saturated rings. The van der Waals surface area contributed by atoms with Crippen LogP contribution in [0.2, 0.25) is 0 Å². The smallest absolute Gasteiger partial charge is 0.300 e. The highest BCUT2D eigenvalue weighted by atomic mass is 79.9. The van der Waals surface area contributed by atoms with Crippen LogP contribution in [0, 0.1) is 0 Å². The van der Waals surface area contributed by atoms with Crippen molar-refractivity contribution in [3.8, 4) is 0 Å². The molecule has 0 saturated carbocycles. The second-order valence-corrected chi connectivity index (χ2v) is 3.81. The second kappa shape index (κ2) is 4.80. The van der Waals surface area contributed by atoms with Gasteiger partial charge in [-0.2, -0.15) is 0 Å². The Bertz CT molecular complexity index is 268. The maximum atomic E-state index is 10.8. The molecule has 0 spiro atoms. The maximum absolute atomic E-state index is 10.8. The Kier molecular flexibility index (Phi) is 4.39. The maximum Gasteiger partial charge on any atom is 0.300 e. The Labute approximate surface area is 82.9 Å². The number of ketones is 1. The fourth-order valence-corrected chi connectivity index (χ4v) is 0.528. The minimum absolute atomic E-state index is 0.183. The first-order chi connectivity index (χ1) is 5.86. The molecule has 6 nitrogen and oxygen atoms in total. The summed E-state index contributed by atoms with van der Waals surface area (Å²) in [4.78, 5) is 19.8. The van der Waals surface area contributed by atoms with Gasteiger partial charge in [0.25, 0.3) is 5.97 Å². The Morgan fingerprint density at radius 1 is 1.69 bits per heavy atom. The lowest BCUT2D eigenvalue weighted by molar-refractivity contribution is -0.134. The van der Waals surface area contributed by atoms with Crippen LogP contribution in [0.4, 0.5) is 0 Å². The van der Waals surface area contributed by atoms with Crippen LogP contribution in [0.15, 0.2) is 15.4 Å². The van der Waals surface area contributed by atoms with Gasteiger partial charge in [-0.3, -0.25) is 9.59 Å². The molecule has 0 amide bonds. The van der Waals surface area contributed by atoms with Crippen molar-refractivity contribution in [1.29, 1.82) is 0 Å². The largest absolute Gasteiger partial charge is 0.481 e. The van der Waals surface area contributed by atoms with Crippen molar-refractivity contribution in [3.05, 3.63) is 0 Å². The highest BCUT2D eigenvalue weighted by Gasteiger charge is 2.29. The fraction of sp³-hybridized carbons (Fsp3) is 0.500. The summed E-state index contributed by atoms with van der Waals surface area (Å²) >= 11 is 3.06. The molecule has 7 heteroatoms. The molecule has 72 valence electrons. The van der Waals surface area contributed by atoms with Gasteiger partial charge >= 0.3 is 0 Å². The molecule has 0 saturated heterocycles. The van der Waals surface area contributed by atoms with Gasteiger partial charge in [-0.05, 0) is 28.1 Å². The summed E-state index contributed by atoms with van der Waals surface area (Å²) < 4.78 is -0.880. The van der Waals surface area contributed by atoms with Gasteiger partial charge in [-0.15, -0.1) is 10.2 Å². The van der Waals surface area contributed by atoms with E-state index >= 15 is 0 Å². The number of hydrogen-bond donors (Lipinski definition) is 1. The standard InChI is InChI=1S/C4H4BrN3O.C2H4O2/c1-4(5)3(9)2-6-8-7-4;1-2(3)4/h2H,1H3;1H3,(H,3,4). The van der Waals surface area contributed by atoms with Crippen LogP contribution in [0.25, 0.3) is 0 Å². The number of halogens is 1. The number of Topliss-reactive ketones (excluding diaryl/α,β-unsaturated/α-hetero) is 1. The van der Waals surface area contributed by atoms with Gasteiger partial charge in [-0.25, -0.2) is 0 Å². The number of carboxylic acid groups (broad SMARTS) is 1. The van der Waals surface area contributed by atoms with Gasteiger partial charge in [-0.1, -0.05) is 0 Å². The van der Waals surface area contributed by atoms with Crippen LogP contribution in [0.3, 0.4) is 0 Å². The summed E-state index contributed by atoms with van der Waals surface area (Å²) in [7, 11) is 0. The van der Waals surface area contributed by atoms with Crippen molar-refractivity contribution in [2.24, 2.45) is 15.4 Å². The molecule has 0 bridgehead atoms. The van der Waals surface area contributed by atoms with Crippen LogP contribution >= 0.6 is 15.9 Å². The molecule has 0 aromatic carbocycles. The van der Waals surface area contributed by atoms with Crippen molar-refractivity contribution in [3.63, 3.8) is 0 Å². The molecule has 0 radical (unpaired) electrons. The summed E-state index contributed by atoms with van der Waals surface area (Å²) in [5.74, 6) is -1.02. The van der Waals surface area contributed by atoms with E-state index in [-0.39, 0.29) is 5.78 Å². The van der Waals surface area contributed by atoms with E-state index in [0.717, 1.165) is 13.1 Å². The van der Waals surface area contributed by atoms with Crippen molar-refractivity contribution in [2.45, 2.75) is 18.3 Å². The number of carbonyl (C=O) groups is 2. The number of nitrogens with zero attached hydrogens (tertiary/aromatic N) is 3. The molecular weight excluding hydrogens is 242 g/mol. The lowest BCUT2D eigenvalue weighted by Gasteiger charge is -2.11. The van der Waals surface area contributed by atoms with E-state index in [9.17, 15) is 4.79 Å². The minimum atomic E-state index is -0.880. The number of rotatable bonds is 0. The van der Waals surface area contributed by atoms with E-state index in [1.165, 1.54) is 0 Å². The molecule has 13 heavy (non-hydrogen) atoms. The van der Waals surface area contributed by atoms with Crippen molar-refractivity contribution < 1.29 is 14.7 Å². The fourth-order valence-electron chi connectivity index (χ4n) is 0.355. The third-order valence-corrected chi connectivity index (χ3v) is 1.46. The first-order valence-electron chi connectivity index (χ1n) is 3.24. The van der Waals surface area contributed by atoms with Crippen LogP contribution in [0.5, 0.6) is 0 Å². The normalized spacial score (nSPS) is 25.0. The Balaban J connectivity index is 0.000000310. The van der Waals surface area contributed by atoms with Gasteiger partial charge in [0.05, 0.1) is 6.21 Å². The minimum Gasteiger partial charge on any atom is -0.481 e. The highest BCUT2D eigenvalue weighted by molar-refractivity contribution is 9.10. The topological polar surface area (TPSA) is 91.4 Å². The zero-order valence-corrected chi connectivity index (χ0v) is 8.65. The zero-order chi connectivity index (χ0) is 10.5. The van der Waals surface area contributed by atoms with Crippen LogP contribution in [-0.2, 0) is 9.59 Å². The molecule has 0 aromatic rings. The predicted molar refractivity (Wildman–Crippen MR) is 49.0 cm³/mol. The molecule has 0 aromatic heterocycles. The van der Waals surface area contributed by atoms with Gasteiger partial charge < -0.3 is 5.11 Å². The first-order valence-corrected chi connectivity index (χ1v) is 4.03. The lowest BCUT2D eigenvalue weighted by Crippen LogP contribution is -2.27. The summed E-state index contributed by atoms with van der Waals surface area (Å²) in [5, 5.41) is 17.6. The molecule has 0 aliphatic carbocycles. The monoisotopic (exact) mass is 249 g/mol. The van der Waals surface area contributed by atoms with Gasteiger partial charge in [0, 0.05) is 6.92 Å². The number of carbonyl (C=O) groups excluding carboxylic acids is 1. The third kappa shape index (κ3) is 5.18. The SMILES string of the molecule is CC(=O)O.CC1(Br)N=NN=CC1=O. The van der Waals surface area contributed by atoms with E-state index in [4.69, 9.17) is 9.90 Å². The van der Waals surface area contributed by atoms with Crippen LogP contribution in [-0.4, -0.2) is 27.5 Å². The van der Waals surface area contributed by atoms with Crippen molar-refractivity contribution >= 4 is 33.9 Å². The Hall–Kier alpha value is -1.11. The van der Waals surface area contributed by atoms with E-state index in [2.05, 4.69) is 31.4 Å². The number of aliphatic carboxylic acids is 1. The lowest BCUT2D eigenvalue weighted by atomic mass is 10.2.